The molecule has 0 fully saturated rings. The molecule has 2 heterocycles. The van der Waals surface area contributed by atoms with Crippen LogP contribution in [-0.4, -0.2) is 113 Å². The van der Waals surface area contributed by atoms with Crippen molar-refractivity contribution in [1.82, 2.24) is 0 Å². The Kier molecular flexibility index (Phi) is 33.5. The van der Waals surface area contributed by atoms with Gasteiger partial charge in [-0.25, -0.2) is 14.4 Å². The van der Waals surface area contributed by atoms with Gasteiger partial charge in [-0.15, -0.1) is 0 Å². The number of fused-ring (bicyclic) bond motifs is 2. The van der Waals surface area contributed by atoms with Crippen LogP contribution < -0.4 is 9.47 Å². The number of aromatic carboxylic acids is 1. The van der Waals surface area contributed by atoms with Crippen LogP contribution in [0.25, 0.3) is 0 Å². The molecule has 0 aromatic heterocycles. The van der Waals surface area contributed by atoms with Crippen molar-refractivity contribution in [1.29, 1.82) is 0 Å². The normalized spacial score (nSPS) is 21.2. The van der Waals surface area contributed by atoms with Crippen molar-refractivity contribution >= 4 is 23.7 Å². The lowest BCUT2D eigenvalue weighted by atomic mass is 9.73. The highest BCUT2D eigenvalue weighted by molar-refractivity contribution is 5.97. The molecule has 2 aliphatic heterocycles. The second-order valence-electron chi connectivity index (χ2n) is 23.3. The molecule has 0 bridgehead atoms. The molecular weight excluding hydrogens is 1110 g/mol. The first-order valence-corrected chi connectivity index (χ1v) is 29.8. The maximum atomic E-state index is 13.2. The average molecular weight is 1220 g/mol. The van der Waals surface area contributed by atoms with Gasteiger partial charge in [0.1, 0.15) is 71.0 Å². The number of aromatic hydroxyl groups is 4. The van der Waals surface area contributed by atoms with E-state index in [0.29, 0.717) is 58.9 Å². The molecule has 0 saturated carbocycles. The second-order valence-corrected chi connectivity index (χ2v) is 23.3. The third kappa shape index (κ3) is 24.1. The number of Topliss-reactive ketones (excluding diaryl/α,β-unsaturated/α-hetero) is 1. The maximum absolute atomic E-state index is 13.2. The molecule has 0 radical (unpaired) electrons. The minimum absolute atomic E-state index is 0. The SMILES string of the molecule is C.C.C=C(C)[C@@H]1CCC(C)=C[C@H]1c1c(O)cc(CCCCC)c2c1OC(C)(COC)OC2=O.C=C(C)[C@H]1C=C[C@@](C)(O)CC1.CCCCCc1cc(O)cc(O)c1C(=O)O.CCCCCc1cc(O)cc2c1C(=O)OC(C)(COC)O2.COCC(C)=O. The van der Waals surface area contributed by atoms with E-state index < -0.39 is 35.1 Å². The van der Waals surface area contributed by atoms with Gasteiger partial charge >= 0.3 is 17.9 Å². The van der Waals surface area contributed by atoms with E-state index in [9.17, 15) is 44.7 Å². The summed E-state index contributed by atoms with van der Waals surface area (Å²) >= 11 is 0. The minimum Gasteiger partial charge on any atom is -0.508 e. The summed E-state index contributed by atoms with van der Waals surface area (Å²) in [6.07, 6.45) is 21.0. The number of phenols is 4. The topological polar surface area (TPSA) is 254 Å². The number of carboxylic acids is 1. The number of unbranched alkanes of at least 4 members (excludes halogenated alkanes) is 6. The molecule has 3 aromatic rings. The molecule has 0 saturated heterocycles. The van der Waals surface area contributed by atoms with Gasteiger partial charge in [0.25, 0.3) is 11.6 Å². The molecule has 6 atom stereocenters. The quantitative estimate of drug-likeness (QED) is 0.0311. The van der Waals surface area contributed by atoms with Crippen LogP contribution >= 0.6 is 0 Å². The van der Waals surface area contributed by atoms with Crippen molar-refractivity contribution in [2.75, 3.05) is 41.2 Å². The first kappa shape index (κ1) is 78.4. The Bertz CT molecular complexity index is 2810. The van der Waals surface area contributed by atoms with Crippen molar-refractivity contribution in [3.63, 3.8) is 0 Å². The summed E-state index contributed by atoms with van der Waals surface area (Å²) in [4.78, 5) is 46.3. The number of carbonyl (C=O) groups is 4. The molecule has 0 spiro atoms. The number of carbonyl (C=O) groups excluding carboxylic acids is 3. The number of methoxy groups -OCH3 is 3. The lowest BCUT2D eigenvalue weighted by Gasteiger charge is -2.39. The molecular formula is C70H106O17. The van der Waals surface area contributed by atoms with E-state index in [0.717, 1.165) is 106 Å². The monoisotopic (exact) mass is 1220 g/mol. The highest BCUT2D eigenvalue weighted by atomic mass is 16.7. The Morgan fingerprint density at radius 3 is 1.62 bits per heavy atom. The van der Waals surface area contributed by atoms with Crippen molar-refractivity contribution in [3.8, 4) is 34.5 Å². The van der Waals surface area contributed by atoms with Crippen LogP contribution in [-0.2, 0) is 47.7 Å². The number of rotatable bonds is 22. The van der Waals surface area contributed by atoms with E-state index >= 15 is 0 Å². The van der Waals surface area contributed by atoms with Crippen LogP contribution in [0.2, 0.25) is 0 Å². The van der Waals surface area contributed by atoms with Crippen LogP contribution in [0.15, 0.2) is 78.4 Å². The number of aliphatic hydroxyl groups is 1. The van der Waals surface area contributed by atoms with Gasteiger partial charge in [0, 0.05) is 58.8 Å². The molecule has 87 heavy (non-hydrogen) atoms. The lowest BCUT2D eigenvalue weighted by molar-refractivity contribution is -0.172. The number of hydrogen-bond acceptors (Lipinski definition) is 16. The van der Waals surface area contributed by atoms with Crippen molar-refractivity contribution in [2.24, 2.45) is 11.8 Å². The molecule has 3 aromatic carbocycles. The molecule has 4 aliphatic rings. The molecule has 488 valence electrons. The van der Waals surface area contributed by atoms with Crippen LogP contribution in [0.1, 0.15) is 227 Å². The van der Waals surface area contributed by atoms with Gasteiger partial charge in [0.2, 0.25) is 0 Å². The molecule has 2 aliphatic carbocycles. The minimum atomic E-state index is -1.24. The van der Waals surface area contributed by atoms with Gasteiger partial charge < -0.3 is 63.8 Å². The smallest absolute Gasteiger partial charge is 0.345 e. The standard InChI is InChI=1S/C26H36O5.C16H22O5.C12H16O4.C10H16O.C4H8O2.2CH4/c1-7-8-9-10-18-14-21(27)23(20-13-17(4)11-12-19(20)16(2)3)24-22(18)25(28)31-26(5,30-24)15-29-6;1-4-5-6-7-11-8-12(17)9-13-14(11)15(18)21-16(2,20-13)10-19-3;1-2-3-4-5-8-6-9(13)7-10(14)11(8)12(15)16;1-8(2)9-4-6-10(3,11)7-5-9;1-4(5)3-6-2;;/h13-14,19-20,27H,2,7-12,15H2,1,3-6H3;8-9,17H,4-7,10H2,1-3H3;6-7,13-14H,2-5H2,1H3,(H,15,16);4,6,9,11H,1,5,7H2,2-3H3;3H2,1-2H3;2*1H4/t19-,20+,26?;;;9-,10+;;;/m0..0.../s1. The fraction of sp³-hybridized carbons (Fsp3) is 0.571. The summed E-state index contributed by atoms with van der Waals surface area (Å²) in [7, 11) is 4.56. The van der Waals surface area contributed by atoms with Gasteiger partial charge in [0.05, 0.1) is 5.60 Å². The molecule has 0 amide bonds. The van der Waals surface area contributed by atoms with E-state index in [1.54, 1.807) is 33.1 Å². The molecule has 17 nitrogen and oxygen atoms in total. The van der Waals surface area contributed by atoms with Crippen LogP contribution in [0.5, 0.6) is 34.5 Å². The summed E-state index contributed by atoms with van der Waals surface area (Å²) in [6.45, 7) is 27.7. The second kappa shape index (κ2) is 37.2. The van der Waals surface area contributed by atoms with Crippen molar-refractivity contribution in [3.05, 3.63) is 117 Å². The number of carboxylic acid groups (broad SMARTS) is 1. The highest BCUT2D eigenvalue weighted by Gasteiger charge is 2.44. The number of allylic oxidation sites excluding steroid dienone is 5. The number of ether oxygens (including phenoxy) is 7. The molecule has 2 unspecified atom stereocenters. The van der Waals surface area contributed by atoms with E-state index in [4.69, 9.17) is 33.5 Å². The van der Waals surface area contributed by atoms with Crippen molar-refractivity contribution < 1.29 is 83.0 Å². The Balaban J connectivity index is 0.000000589. The molecule has 17 heteroatoms. The van der Waals surface area contributed by atoms with E-state index in [1.807, 2.05) is 26.8 Å². The van der Waals surface area contributed by atoms with Crippen LogP contribution in [0.3, 0.4) is 0 Å². The largest absolute Gasteiger partial charge is 0.508 e. The number of benzene rings is 3. The number of ketones is 1. The van der Waals surface area contributed by atoms with E-state index in [1.165, 1.54) is 44.4 Å². The number of esters is 2. The van der Waals surface area contributed by atoms with E-state index in [2.05, 4.69) is 57.7 Å². The molecule has 7 rings (SSSR count). The fourth-order valence-electron chi connectivity index (χ4n) is 10.6. The Morgan fingerprint density at radius 2 is 1.16 bits per heavy atom. The van der Waals surface area contributed by atoms with E-state index in [-0.39, 0.29) is 80.9 Å². The summed E-state index contributed by atoms with van der Waals surface area (Å²) in [5.41, 5.74) is 6.37. The Hall–Kier alpha value is -6.66. The summed E-state index contributed by atoms with van der Waals surface area (Å²) in [6, 6.07) is 7.25. The van der Waals surface area contributed by atoms with Crippen molar-refractivity contribution in [2.45, 2.75) is 210 Å². The zero-order chi connectivity index (χ0) is 63.8. The van der Waals surface area contributed by atoms with Gasteiger partial charge in [-0.2, -0.15) is 0 Å². The van der Waals surface area contributed by atoms with Crippen LogP contribution in [0, 0.1) is 11.8 Å². The zero-order valence-corrected chi connectivity index (χ0v) is 52.9. The fourth-order valence-corrected chi connectivity index (χ4v) is 10.6. The predicted octanol–water partition coefficient (Wildman–Crippen LogP) is 15.4. The summed E-state index contributed by atoms with van der Waals surface area (Å²) in [5.74, 6) is -3.23. The molecule has 6 N–H and O–H groups in total. The van der Waals surface area contributed by atoms with Gasteiger partial charge in [-0.1, -0.05) is 122 Å². The zero-order valence-electron chi connectivity index (χ0n) is 52.9. The summed E-state index contributed by atoms with van der Waals surface area (Å²) in [5, 5.41) is 58.3. The summed E-state index contributed by atoms with van der Waals surface area (Å²) < 4.78 is 37.8. The number of hydrogen-bond donors (Lipinski definition) is 6. The number of aryl methyl sites for hydroxylation is 3. The van der Waals surface area contributed by atoms with Crippen LogP contribution in [0.4, 0.5) is 0 Å². The van der Waals surface area contributed by atoms with Gasteiger partial charge in [-0.3, -0.25) is 4.79 Å². The third-order valence-corrected chi connectivity index (χ3v) is 14.9. The lowest BCUT2D eigenvalue weighted by Crippen LogP contribution is -2.46. The maximum Gasteiger partial charge on any atom is 0.345 e. The Labute approximate surface area is 519 Å². The highest BCUT2D eigenvalue weighted by Crippen LogP contribution is 2.51. The van der Waals surface area contributed by atoms with Gasteiger partial charge in [0.15, 0.2) is 5.78 Å². The third-order valence-electron chi connectivity index (χ3n) is 14.9. The predicted molar refractivity (Wildman–Crippen MR) is 343 cm³/mol. The first-order chi connectivity index (χ1) is 40.0. The van der Waals surface area contributed by atoms with Gasteiger partial charge in [-0.05, 0) is 146 Å². The number of cyclic esters (lactones) is 2. The average Bonchev–Trinajstić information content (AvgIpc) is 0.804. The first-order valence-electron chi connectivity index (χ1n) is 29.8. The number of phenolic OH excluding ortho intramolecular Hbond substituents is 3. The Morgan fingerprint density at radius 1 is 0.655 bits per heavy atom.